The summed E-state index contributed by atoms with van der Waals surface area (Å²) in [5.41, 5.74) is 3.01. The summed E-state index contributed by atoms with van der Waals surface area (Å²) in [6.45, 7) is 0. The van der Waals surface area contributed by atoms with Crippen molar-refractivity contribution in [1.82, 2.24) is 15.0 Å². The molecule has 0 spiro atoms. The first kappa shape index (κ1) is 20.2. The summed E-state index contributed by atoms with van der Waals surface area (Å²) in [4.78, 5) is 26.9. The molecule has 1 amide bonds. The van der Waals surface area contributed by atoms with Crippen LogP contribution in [0.4, 0.5) is 5.13 Å². The lowest BCUT2D eigenvalue weighted by Crippen LogP contribution is -2.13. The Morgan fingerprint density at radius 1 is 0.906 bits per heavy atom. The summed E-state index contributed by atoms with van der Waals surface area (Å²) < 4.78 is 24.3. The minimum Gasteiger partial charge on any atom is -0.298 e. The Hall–Kier alpha value is -3.69. The van der Waals surface area contributed by atoms with Gasteiger partial charge in [0.25, 0.3) is 5.91 Å². The molecule has 0 aliphatic carbocycles. The maximum atomic E-state index is 13.2. The normalized spacial score (nSPS) is 11.7. The van der Waals surface area contributed by atoms with Crippen LogP contribution >= 0.6 is 11.3 Å². The second-order valence-electron chi connectivity index (χ2n) is 7.16. The van der Waals surface area contributed by atoms with Gasteiger partial charge in [0.2, 0.25) is 0 Å². The molecule has 0 aliphatic rings. The summed E-state index contributed by atoms with van der Waals surface area (Å²) in [6.07, 6.45) is 2.84. The highest BCUT2D eigenvalue weighted by Crippen LogP contribution is 2.30. The highest BCUT2D eigenvalue weighted by molar-refractivity contribution is 7.90. The van der Waals surface area contributed by atoms with Gasteiger partial charge in [0.15, 0.2) is 15.0 Å². The third-order valence-corrected chi connectivity index (χ3v) is 6.94. The summed E-state index contributed by atoms with van der Waals surface area (Å²) in [5.74, 6) is -0.330. The van der Waals surface area contributed by atoms with Crippen LogP contribution in [0.15, 0.2) is 77.8 Å². The van der Waals surface area contributed by atoms with Gasteiger partial charge in [0.05, 0.1) is 37.6 Å². The van der Waals surface area contributed by atoms with Gasteiger partial charge in [-0.15, -0.1) is 0 Å². The highest BCUT2D eigenvalue weighted by Gasteiger charge is 2.17. The molecule has 3 heterocycles. The molecule has 2 aromatic carbocycles. The van der Waals surface area contributed by atoms with Gasteiger partial charge in [0.1, 0.15) is 0 Å². The first-order valence-electron chi connectivity index (χ1n) is 9.62. The number of carbonyl (C=O) groups is 1. The Labute approximate surface area is 187 Å². The number of carbonyl (C=O) groups excluding carboxylic acids is 1. The first-order valence-corrected chi connectivity index (χ1v) is 12.3. The molecule has 0 bridgehead atoms. The van der Waals surface area contributed by atoms with E-state index < -0.39 is 9.84 Å². The molecular formula is C23H16N4O3S2. The number of thiazole rings is 1. The van der Waals surface area contributed by atoms with Gasteiger partial charge in [0, 0.05) is 17.8 Å². The maximum Gasteiger partial charge on any atom is 0.258 e. The number of hydrogen-bond donors (Lipinski definition) is 1. The van der Waals surface area contributed by atoms with Crippen LogP contribution in [0.25, 0.3) is 32.5 Å². The zero-order valence-electron chi connectivity index (χ0n) is 16.8. The van der Waals surface area contributed by atoms with E-state index in [1.54, 1.807) is 24.4 Å². The minimum absolute atomic E-state index is 0.214. The lowest BCUT2D eigenvalue weighted by atomic mass is 10.1. The fourth-order valence-electron chi connectivity index (χ4n) is 3.36. The number of rotatable bonds is 4. The number of amides is 1. The van der Waals surface area contributed by atoms with Gasteiger partial charge in [-0.1, -0.05) is 35.6 Å². The predicted molar refractivity (Wildman–Crippen MR) is 126 cm³/mol. The molecule has 0 saturated carbocycles. The van der Waals surface area contributed by atoms with Gasteiger partial charge in [-0.25, -0.2) is 18.4 Å². The molecule has 5 aromatic rings. The Morgan fingerprint density at radius 3 is 2.50 bits per heavy atom. The number of nitrogens with zero attached hydrogens (tertiary/aromatic N) is 3. The Bertz CT molecular complexity index is 1600. The maximum absolute atomic E-state index is 13.2. The van der Waals surface area contributed by atoms with E-state index in [1.807, 2.05) is 42.5 Å². The van der Waals surface area contributed by atoms with Crippen molar-refractivity contribution in [2.24, 2.45) is 0 Å². The van der Waals surface area contributed by atoms with Crippen molar-refractivity contribution < 1.29 is 13.2 Å². The van der Waals surface area contributed by atoms with Crippen molar-refractivity contribution in [2.75, 3.05) is 11.6 Å². The van der Waals surface area contributed by atoms with Crippen molar-refractivity contribution in [2.45, 2.75) is 4.90 Å². The van der Waals surface area contributed by atoms with E-state index in [0.29, 0.717) is 43.2 Å². The molecule has 32 heavy (non-hydrogen) atoms. The fraction of sp³-hybridized carbons (Fsp3) is 0.0435. The average Bonchev–Trinajstić information content (AvgIpc) is 3.19. The average molecular weight is 461 g/mol. The van der Waals surface area contributed by atoms with Gasteiger partial charge in [-0.2, -0.15) is 0 Å². The third kappa shape index (κ3) is 3.83. The zero-order valence-corrected chi connectivity index (χ0v) is 18.4. The molecule has 0 aliphatic heterocycles. The Morgan fingerprint density at radius 2 is 1.72 bits per heavy atom. The van der Waals surface area contributed by atoms with Crippen molar-refractivity contribution >= 4 is 53.3 Å². The molecule has 7 nitrogen and oxygen atoms in total. The fourth-order valence-corrected chi connectivity index (χ4v) is 4.98. The molecule has 5 rings (SSSR count). The standard InChI is InChI=1S/C23H16N4O3S2/c1-32(29,30)14-9-10-19-21(12-14)31-23(26-19)27-22(28)16-13-20(18-8-4-5-11-24-18)25-17-7-3-2-6-15(16)17/h2-13H,1H3,(H,26,27,28). The second kappa shape index (κ2) is 7.77. The van der Waals surface area contributed by atoms with Crippen LogP contribution in [0.3, 0.4) is 0 Å². The van der Waals surface area contributed by atoms with E-state index in [0.717, 1.165) is 6.26 Å². The van der Waals surface area contributed by atoms with E-state index in [4.69, 9.17) is 0 Å². The summed E-state index contributed by atoms with van der Waals surface area (Å²) in [6, 6.07) is 19.4. The van der Waals surface area contributed by atoms with Crippen LogP contribution in [0, 0.1) is 0 Å². The molecule has 0 radical (unpaired) electrons. The van der Waals surface area contributed by atoms with E-state index in [1.165, 1.54) is 17.4 Å². The first-order chi connectivity index (χ1) is 15.4. The van der Waals surface area contributed by atoms with Crippen molar-refractivity contribution in [3.8, 4) is 11.4 Å². The largest absolute Gasteiger partial charge is 0.298 e. The quantitative estimate of drug-likeness (QED) is 0.422. The number of anilines is 1. The molecule has 0 unspecified atom stereocenters. The lowest BCUT2D eigenvalue weighted by Gasteiger charge is -2.09. The number of para-hydroxylation sites is 1. The molecule has 1 N–H and O–H groups in total. The Balaban J connectivity index is 1.55. The summed E-state index contributed by atoms with van der Waals surface area (Å²) >= 11 is 1.22. The van der Waals surface area contributed by atoms with Gasteiger partial charge in [-0.3, -0.25) is 15.1 Å². The van der Waals surface area contributed by atoms with Crippen LogP contribution in [-0.4, -0.2) is 35.5 Å². The second-order valence-corrected chi connectivity index (χ2v) is 10.2. The summed E-state index contributed by atoms with van der Waals surface area (Å²) in [7, 11) is -3.33. The topological polar surface area (TPSA) is 102 Å². The molecule has 9 heteroatoms. The minimum atomic E-state index is -3.33. The van der Waals surface area contributed by atoms with E-state index >= 15 is 0 Å². The van der Waals surface area contributed by atoms with Gasteiger partial charge in [-0.05, 0) is 42.5 Å². The summed E-state index contributed by atoms with van der Waals surface area (Å²) in [5, 5.41) is 3.95. The molecule has 0 atom stereocenters. The SMILES string of the molecule is CS(=O)(=O)c1ccc2nc(NC(=O)c3cc(-c4ccccn4)nc4ccccc34)sc2c1. The number of pyridine rings is 2. The molecular weight excluding hydrogens is 444 g/mol. The molecule has 0 saturated heterocycles. The third-order valence-electron chi connectivity index (χ3n) is 4.90. The predicted octanol–water partition coefficient (Wildman–Crippen LogP) is 4.56. The van der Waals surface area contributed by atoms with Gasteiger partial charge >= 0.3 is 0 Å². The monoisotopic (exact) mass is 460 g/mol. The van der Waals surface area contributed by atoms with Gasteiger partial charge < -0.3 is 0 Å². The van der Waals surface area contributed by atoms with Crippen LogP contribution < -0.4 is 5.32 Å². The number of benzene rings is 2. The molecule has 158 valence electrons. The van der Waals surface area contributed by atoms with Crippen molar-refractivity contribution in [3.05, 3.63) is 78.5 Å². The number of hydrogen-bond acceptors (Lipinski definition) is 7. The molecule has 0 fully saturated rings. The van der Waals surface area contributed by atoms with Crippen LogP contribution in [0.5, 0.6) is 0 Å². The highest BCUT2D eigenvalue weighted by atomic mass is 32.2. The van der Waals surface area contributed by atoms with E-state index in [9.17, 15) is 13.2 Å². The van der Waals surface area contributed by atoms with Crippen molar-refractivity contribution in [1.29, 1.82) is 0 Å². The Kier molecular flexibility index (Phi) is 4.91. The number of nitrogens with one attached hydrogen (secondary N) is 1. The zero-order chi connectivity index (χ0) is 22.3. The number of aromatic nitrogens is 3. The van der Waals surface area contributed by atoms with Crippen LogP contribution in [0.1, 0.15) is 10.4 Å². The number of sulfone groups is 1. The van der Waals surface area contributed by atoms with E-state index in [-0.39, 0.29) is 10.8 Å². The van der Waals surface area contributed by atoms with Crippen LogP contribution in [-0.2, 0) is 9.84 Å². The smallest absolute Gasteiger partial charge is 0.258 e. The van der Waals surface area contributed by atoms with Crippen molar-refractivity contribution in [3.63, 3.8) is 0 Å². The molecule has 3 aromatic heterocycles. The van der Waals surface area contributed by atoms with Crippen LogP contribution in [0.2, 0.25) is 0 Å². The van der Waals surface area contributed by atoms with E-state index in [2.05, 4.69) is 20.3 Å². The lowest BCUT2D eigenvalue weighted by molar-refractivity contribution is 0.102. The number of fused-ring (bicyclic) bond motifs is 2.